The highest BCUT2D eigenvalue weighted by molar-refractivity contribution is 5.20. The van der Waals surface area contributed by atoms with Gasteiger partial charge in [-0.1, -0.05) is 25.1 Å². The molecule has 1 aromatic carbocycles. The van der Waals surface area contributed by atoms with Gasteiger partial charge < -0.3 is 18.9 Å². The molecule has 4 heteroatoms. The maximum absolute atomic E-state index is 5.68. The molecule has 0 unspecified atom stereocenters. The van der Waals surface area contributed by atoms with Crippen LogP contribution in [0.4, 0.5) is 0 Å². The summed E-state index contributed by atoms with van der Waals surface area (Å²) in [7, 11) is 0. The molecule has 3 heterocycles. The first kappa shape index (κ1) is 12.0. The van der Waals surface area contributed by atoms with Gasteiger partial charge in [-0.25, -0.2) is 0 Å². The minimum Gasteiger partial charge on any atom is -0.493 e. The fraction of sp³-hybridized carbons (Fsp3) is 0.571. The van der Waals surface area contributed by atoms with Crippen molar-refractivity contribution in [2.24, 2.45) is 5.41 Å². The molecule has 3 fully saturated rings. The van der Waals surface area contributed by atoms with Gasteiger partial charge in [0.25, 0.3) is 5.97 Å². The first-order chi connectivity index (χ1) is 8.70. The molecule has 3 saturated heterocycles. The molecule has 0 amide bonds. The third-order valence-electron chi connectivity index (χ3n) is 3.34. The van der Waals surface area contributed by atoms with E-state index in [0.29, 0.717) is 32.8 Å². The number of hydrogen-bond acceptors (Lipinski definition) is 4. The van der Waals surface area contributed by atoms with E-state index < -0.39 is 5.97 Å². The SMILES string of the molecule is CC12COC(CCOc3ccccc3)(OC1)OC2. The lowest BCUT2D eigenvalue weighted by Crippen LogP contribution is -2.59. The molecule has 0 aliphatic carbocycles. The summed E-state index contributed by atoms with van der Waals surface area (Å²) in [5.74, 6) is -0.0302. The van der Waals surface area contributed by atoms with E-state index in [9.17, 15) is 0 Å². The van der Waals surface area contributed by atoms with Crippen LogP contribution in [-0.2, 0) is 14.2 Å². The van der Waals surface area contributed by atoms with Gasteiger partial charge in [-0.15, -0.1) is 0 Å². The Hall–Kier alpha value is -1.10. The summed E-state index contributed by atoms with van der Waals surface area (Å²) in [5, 5.41) is 0. The Balaban J connectivity index is 1.52. The predicted molar refractivity (Wildman–Crippen MR) is 65.2 cm³/mol. The van der Waals surface area contributed by atoms with E-state index in [0.717, 1.165) is 5.75 Å². The molecule has 18 heavy (non-hydrogen) atoms. The maximum atomic E-state index is 5.68. The molecule has 0 spiro atoms. The van der Waals surface area contributed by atoms with Crippen molar-refractivity contribution in [2.45, 2.75) is 19.3 Å². The van der Waals surface area contributed by atoms with Gasteiger partial charge in [-0.05, 0) is 12.1 Å². The molecule has 3 aliphatic rings. The zero-order chi connectivity index (χ0) is 12.5. The van der Waals surface area contributed by atoms with Gasteiger partial charge in [-0.3, -0.25) is 0 Å². The van der Waals surface area contributed by atoms with Gasteiger partial charge in [0.2, 0.25) is 0 Å². The van der Waals surface area contributed by atoms with E-state index in [2.05, 4.69) is 6.92 Å². The van der Waals surface area contributed by atoms with Crippen molar-refractivity contribution in [3.63, 3.8) is 0 Å². The summed E-state index contributed by atoms with van der Waals surface area (Å²) in [4.78, 5) is 0. The maximum Gasteiger partial charge on any atom is 0.286 e. The molecule has 0 saturated carbocycles. The van der Waals surface area contributed by atoms with Crippen molar-refractivity contribution in [2.75, 3.05) is 26.4 Å². The number of fused-ring (bicyclic) bond motifs is 3. The van der Waals surface area contributed by atoms with Crippen LogP contribution in [0.25, 0.3) is 0 Å². The topological polar surface area (TPSA) is 36.9 Å². The molecular weight excluding hydrogens is 232 g/mol. The summed E-state index contributed by atoms with van der Waals surface area (Å²) < 4.78 is 22.7. The minimum atomic E-state index is -0.882. The average Bonchev–Trinajstić information content (AvgIpc) is 2.42. The Morgan fingerprint density at radius 1 is 1.06 bits per heavy atom. The fourth-order valence-electron chi connectivity index (χ4n) is 2.13. The summed E-state index contributed by atoms with van der Waals surface area (Å²) in [6.07, 6.45) is 0.581. The number of hydrogen-bond donors (Lipinski definition) is 0. The van der Waals surface area contributed by atoms with Crippen LogP contribution >= 0.6 is 0 Å². The van der Waals surface area contributed by atoms with Crippen LogP contribution in [0.2, 0.25) is 0 Å². The lowest BCUT2D eigenvalue weighted by Gasteiger charge is -2.50. The fourth-order valence-corrected chi connectivity index (χ4v) is 2.13. The molecule has 2 bridgehead atoms. The van der Waals surface area contributed by atoms with Crippen LogP contribution in [0.15, 0.2) is 30.3 Å². The van der Waals surface area contributed by atoms with E-state index in [-0.39, 0.29) is 5.41 Å². The highest BCUT2D eigenvalue weighted by Gasteiger charge is 2.50. The molecular formula is C14H18O4. The number of benzene rings is 1. The lowest BCUT2D eigenvalue weighted by molar-refractivity contribution is -0.468. The molecule has 3 aliphatic heterocycles. The van der Waals surface area contributed by atoms with Gasteiger partial charge in [0.15, 0.2) is 0 Å². The second-order valence-corrected chi connectivity index (χ2v) is 5.27. The third kappa shape index (κ3) is 2.36. The van der Waals surface area contributed by atoms with Crippen LogP contribution in [0.3, 0.4) is 0 Å². The monoisotopic (exact) mass is 250 g/mol. The van der Waals surface area contributed by atoms with Gasteiger partial charge >= 0.3 is 0 Å². The van der Waals surface area contributed by atoms with Crippen molar-refractivity contribution >= 4 is 0 Å². The van der Waals surface area contributed by atoms with Crippen molar-refractivity contribution in [1.29, 1.82) is 0 Å². The number of para-hydroxylation sites is 1. The Kier molecular flexibility index (Phi) is 3.01. The Labute approximate surface area is 107 Å². The molecule has 1 aromatic rings. The smallest absolute Gasteiger partial charge is 0.286 e. The number of rotatable bonds is 4. The molecule has 0 radical (unpaired) electrons. The summed E-state index contributed by atoms with van der Waals surface area (Å²) in [5.41, 5.74) is 0.0159. The Morgan fingerprint density at radius 2 is 1.67 bits per heavy atom. The first-order valence-corrected chi connectivity index (χ1v) is 6.30. The van der Waals surface area contributed by atoms with Crippen molar-refractivity contribution in [3.8, 4) is 5.75 Å². The van der Waals surface area contributed by atoms with Crippen molar-refractivity contribution in [1.82, 2.24) is 0 Å². The van der Waals surface area contributed by atoms with E-state index in [1.165, 1.54) is 0 Å². The summed E-state index contributed by atoms with van der Waals surface area (Å²) in [6, 6.07) is 9.72. The first-order valence-electron chi connectivity index (χ1n) is 6.30. The molecule has 0 atom stereocenters. The highest BCUT2D eigenvalue weighted by Crippen LogP contribution is 2.39. The molecule has 0 N–H and O–H groups in total. The van der Waals surface area contributed by atoms with E-state index in [1.54, 1.807) is 0 Å². The van der Waals surface area contributed by atoms with Crippen molar-refractivity contribution in [3.05, 3.63) is 30.3 Å². The van der Waals surface area contributed by atoms with Crippen LogP contribution in [-0.4, -0.2) is 32.4 Å². The van der Waals surface area contributed by atoms with Gasteiger partial charge in [0.1, 0.15) is 5.75 Å². The van der Waals surface area contributed by atoms with Crippen LogP contribution in [0.5, 0.6) is 5.75 Å². The molecule has 0 aromatic heterocycles. The van der Waals surface area contributed by atoms with Gasteiger partial charge in [0, 0.05) is 5.41 Å². The number of ether oxygens (including phenoxy) is 4. The summed E-state index contributed by atoms with van der Waals surface area (Å²) >= 11 is 0. The van der Waals surface area contributed by atoms with E-state index >= 15 is 0 Å². The standard InChI is InChI=1S/C14H18O4/c1-13-9-16-14(17-10-13,18-11-13)7-8-15-12-5-3-2-4-6-12/h2-6H,7-11H2,1H3. The second kappa shape index (κ2) is 4.53. The average molecular weight is 250 g/mol. The summed E-state index contributed by atoms with van der Waals surface area (Å²) in [6.45, 7) is 4.70. The Bertz CT molecular complexity index is 379. The van der Waals surface area contributed by atoms with Crippen LogP contribution < -0.4 is 4.74 Å². The molecule has 4 nitrogen and oxygen atoms in total. The highest BCUT2D eigenvalue weighted by atomic mass is 16.9. The van der Waals surface area contributed by atoms with Gasteiger partial charge in [0.05, 0.1) is 32.8 Å². The third-order valence-corrected chi connectivity index (χ3v) is 3.34. The second-order valence-electron chi connectivity index (χ2n) is 5.27. The van der Waals surface area contributed by atoms with E-state index in [4.69, 9.17) is 18.9 Å². The lowest BCUT2D eigenvalue weighted by atomic mass is 9.91. The van der Waals surface area contributed by atoms with Gasteiger partial charge in [-0.2, -0.15) is 0 Å². The van der Waals surface area contributed by atoms with E-state index in [1.807, 2.05) is 30.3 Å². The zero-order valence-corrected chi connectivity index (χ0v) is 10.6. The molecule has 4 rings (SSSR count). The predicted octanol–water partition coefficient (Wildman–Crippen LogP) is 2.19. The normalized spacial score (nSPS) is 34.5. The minimum absolute atomic E-state index is 0.0159. The zero-order valence-electron chi connectivity index (χ0n) is 10.6. The quantitative estimate of drug-likeness (QED) is 0.821. The Morgan fingerprint density at radius 3 is 2.28 bits per heavy atom. The van der Waals surface area contributed by atoms with Crippen LogP contribution in [0.1, 0.15) is 13.3 Å². The molecule has 98 valence electrons. The van der Waals surface area contributed by atoms with Crippen LogP contribution in [0, 0.1) is 5.41 Å². The van der Waals surface area contributed by atoms with Crippen molar-refractivity contribution < 1.29 is 18.9 Å². The largest absolute Gasteiger partial charge is 0.493 e.